The molecule has 0 saturated carbocycles. The molecule has 2 nitrogen and oxygen atoms in total. The van der Waals surface area contributed by atoms with Crippen molar-refractivity contribution in [2.45, 2.75) is 25.3 Å². The van der Waals surface area contributed by atoms with Crippen LogP contribution in [0.2, 0.25) is 0 Å². The number of hydrogen-bond acceptors (Lipinski definition) is 2. The van der Waals surface area contributed by atoms with Gasteiger partial charge in [0.25, 0.3) is 0 Å². The first-order chi connectivity index (χ1) is 7.83. The number of hydrogen-bond donors (Lipinski definition) is 1. The maximum Gasteiger partial charge on any atom is 0.0167 e. The summed E-state index contributed by atoms with van der Waals surface area (Å²) < 4.78 is 0. The van der Waals surface area contributed by atoms with Crippen LogP contribution in [0, 0.1) is 0 Å². The quantitative estimate of drug-likeness (QED) is 0.808. The van der Waals surface area contributed by atoms with Crippen molar-refractivity contribution in [1.29, 1.82) is 0 Å². The normalized spacial score (nSPS) is 29.6. The molecule has 2 atom stereocenters. The summed E-state index contributed by atoms with van der Waals surface area (Å²) in [7, 11) is 0. The van der Waals surface area contributed by atoms with Crippen LogP contribution in [-0.4, -0.2) is 37.1 Å². The SMILES string of the molecule is C[C@@H]1CN(CC2Cc3ccccc32)CCN1. The van der Waals surface area contributed by atoms with E-state index < -0.39 is 0 Å². The number of piperazine rings is 1. The minimum absolute atomic E-state index is 0.657. The molecule has 16 heavy (non-hydrogen) atoms. The fraction of sp³-hybridized carbons (Fsp3) is 0.571. The molecule has 1 unspecified atom stereocenters. The van der Waals surface area contributed by atoms with Crippen molar-refractivity contribution in [1.82, 2.24) is 10.2 Å². The molecule has 1 heterocycles. The summed E-state index contributed by atoms with van der Waals surface area (Å²) in [6, 6.07) is 9.55. The Hall–Kier alpha value is -0.860. The summed E-state index contributed by atoms with van der Waals surface area (Å²) in [4.78, 5) is 2.61. The van der Waals surface area contributed by atoms with Crippen LogP contribution in [0.3, 0.4) is 0 Å². The van der Waals surface area contributed by atoms with Crippen molar-refractivity contribution < 1.29 is 0 Å². The molecule has 1 fully saturated rings. The van der Waals surface area contributed by atoms with Crippen LogP contribution in [0.5, 0.6) is 0 Å². The average Bonchev–Trinajstić information content (AvgIpc) is 2.26. The Morgan fingerprint density at radius 1 is 1.38 bits per heavy atom. The number of fused-ring (bicyclic) bond motifs is 1. The Balaban J connectivity index is 1.61. The van der Waals surface area contributed by atoms with E-state index in [9.17, 15) is 0 Å². The van der Waals surface area contributed by atoms with E-state index in [1.165, 1.54) is 26.1 Å². The van der Waals surface area contributed by atoms with Crippen LogP contribution in [0.25, 0.3) is 0 Å². The smallest absolute Gasteiger partial charge is 0.0167 e. The fourth-order valence-electron chi connectivity index (χ4n) is 3.02. The van der Waals surface area contributed by atoms with E-state index in [0.29, 0.717) is 6.04 Å². The summed E-state index contributed by atoms with van der Waals surface area (Å²) >= 11 is 0. The zero-order valence-corrected chi connectivity index (χ0v) is 9.95. The summed E-state index contributed by atoms with van der Waals surface area (Å²) in [5, 5.41) is 3.50. The fourth-order valence-corrected chi connectivity index (χ4v) is 3.02. The summed E-state index contributed by atoms with van der Waals surface area (Å²) in [6.45, 7) is 7.10. The number of nitrogens with one attached hydrogen (secondary N) is 1. The zero-order valence-electron chi connectivity index (χ0n) is 9.95. The Morgan fingerprint density at radius 3 is 3.06 bits per heavy atom. The van der Waals surface area contributed by atoms with Crippen molar-refractivity contribution in [2.75, 3.05) is 26.2 Å². The van der Waals surface area contributed by atoms with Crippen LogP contribution >= 0.6 is 0 Å². The average molecular weight is 216 g/mol. The maximum absolute atomic E-state index is 3.50. The monoisotopic (exact) mass is 216 g/mol. The molecular weight excluding hydrogens is 196 g/mol. The highest BCUT2D eigenvalue weighted by molar-refractivity contribution is 5.40. The highest BCUT2D eigenvalue weighted by Crippen LogP contribution is 2.35. The van der Waals surface area contributed by atoms with Gasteiger partial charge in [0, 0.05) is 38.1 Å². The number of rotatable bonds is 2. The van der Waals surface area contributed by atoms with E-state index in [-0.39, 0.29) is 0 Å². The second-order valence-electron chi connectivity index (χ2n) is 5.21. The van der Waals surface area contributed by atoms with Gasteiger partial charge in [-0.25, -0.2) is 0 Å². The molecular formula is C14H20N2. The topological polar surface area (TPSA) is 15.3 Å². The van der Waals surface area contributed by atoms with Crippen molar-refractivity contribution in [2.24, 2.45) is 0 Å². The van der Waals surface area contributed by atoms with E-state index in [2.05, 4.69) is 41.4 Å². The number of benzene rings is 1. The molecule has 0 radical (unpaired) electrons. The second-order valence-corrected chi connectivity index (χ2v) is 5.21. The molecule has 2 heteroatoms. The Kier molecular flexibility index (Phi) is 2.70. The molecule has 0 spiro atoms. The van der Waals surface area contributed by atoms with Crippen molar-refractivity contribution in [3.63, 3.8) is 0 Å². The molecule has 3 rings (SSSR count). The van der Waals surface area contributed by atoms with Gasteiger partial charge >= 0.3 is 0 Å². The molecule has 1 aromatic rings. The molecule has 1 saturated heterocycles. The van der Waals surface area contributed by atoms with Crippen molar-refractivity contribution in [3.05, 3.63) is 35.4 Å². The molecule has 1 aliphatic heterocycles. The first-order valence-corrected chi connectivity index (χ1v) is 6.36. The molecule has 1 N–H and O–H groups in total. The molecule has 1 aliphatic carbocycles. The minimum atomic E-state index is 0.657. The van der Waals surface area contributed by atoms with Gasteiger partial charge in [0.2, 0.25) is 0 Å². The maximum atomic E-state index is 3.50. The molecule has 0 aromatic heterocycles. The van der Waals surface area contributed by atoms with E-state index >= 15 is 0 Å². The Labute approximate surface area is 97.6 Å². The van der Waals surface area contributed by atoms with Crippen LogP contribution in [-0.2, 0) is 6.42 Å². The third-order valence-electron chi connectivity index (χ3n) is 3.89. The molecule has 1 aromatic carbocycles. The molecule has 0 amide bonds. The molecule has 86 valence electrons. The van der Waals surface area contributed by atoms with E-state index in [1.54, 1.807) is 11.1 Å². The van der Waals surface area contributed by atoms with Gasteiger partial charge in [-0.3, -0.25) is 4.90 Å². The Bertz CT molecular complexity index is 375. The lowest BCUT2D eigenvalue weighted by Gasteiger charge is -2.38. The lowest BCUT2D eigenvalue weighted by molar-refractivity contribution is 0.190. The van der Waals surface area contributed by atoms with Gasteiger partial charge in [-0.05, 0) is 24.5 Å². The van der Waals surface area contributed by atoms with Gasteiger partial charge in [0.05, 0.1) is 0 Å². The predicted molar refractivity (Wildman–Crippen MR) is 66.8 cm³/mol. The van der Waals surface area contributed by atoms with Crippen LogP contribution in [0.15, 0.2) is 24.3 Å². The largest absolute Gasteiger partial charge is 0.312 e. The standard InChI is InChI=1S/C14H20N2/c1-11-9-16(7-6-15-11)10-13-8-12-4-2-3-5-14(12)13/h2-5,11,13,15H,6-10H2,1H3/t11-,13?/m1/s1. The van der Waals surface area contributed by atoms with Crippen molar-refractivity contribution in [3.8, 4) is 0 Å². The van der Waals surface area contributed by atoms with Gasteiger partial charge in [0.15, 0.2) is 0 Å². The first-order valence-electron chi connectivity index (χ1n) is 6.36. The van der Waals surface area contributed by atoms with Crippen LogP contribution in [0.4, 0.5) is 0 Å². The molecule has 2 aliphatic rings. The highest BCUT2D eigenvalue weighted by Gasteiger charge is 2.28. The number of nitrogens with zero attached hydrogens (tertiary/aromatic N) is 1. The third-order valence-corrected chi connectivity index (χ3v) is 3.89. The summed E-state index contributed by atoms with van der Waals surface area (Å²) in [6.07, 6.45) is 1.29. The van der Waals surface area contributed by atoms with E-state index in [1.807, 2.05) is 0 Å². The Morgan fingerprint density at radius 2 is 2.25 bits per heavy atom. The van der Waals surface area contributed by atoms with Gasteiger partial charge in [-0.15, -0.1) is 0 Å². The summed E-state index contributed by atoms with van der Waals surface area (Å²) in [5.41, 5.74) is 3.16. The van der Waals surface area contributed by atoms with Crippen LogP contribution in [0.1, 0.15) is 24.0 Å². The zero-order chi connectivity index (χ0) is 11.0. The minimum Gasteiger partial charge on any atom is -0.312 e. The van der Waals surface area contributed by atoms with E-state index in [4.69, 9.17) is 0 Å². The van der Waals surface area contributed by atoms with Crippen molar-refractivity contribution >= 4 is 0 Å². The lowest BCUT2D eigenvalue weighted by Crippen LogP contribution is -2.50. The highest BCUT2D eigenvalue weighted by atomic mass is 15.2. The van der Waals surface area contributed by atoms with Gasteiger partial charge in [0.1, 0.15) is 0 Å². The lowest BCUT2D eigenvalue weighted by atomic mass is 9.77. The van der Waals surface area contributed by atoms with Gasteiger partial charge in [-0.2, -0.15) is 0 Å². The first kappa shape index (κ1) is 10.3. The second kappa shape index (κ2) is 4.19. The molecule has 0 bridgehead atoms. The summed E-state index contributed by atoms with van der Waals surface area (Å²) in [5.74, 6) is 0.793. The van der Waals surface area contributed by atoms with E-state index in [0.717, 1.165) is 12.5 Å². The predicted octanol–water partition coefficient (Wildman–Crippen LogP) is 1.62. The van der Waals surface area contributed by atoms with Gasteiger partial charge < -0.3 is 5.32 Å². The van der Waals surface area contributed by atoms with Gasteiger partial charge in [-0.1, -0.05) is 24.3 Å². The third kappa shape index (κ3) is 1.87. The van der Waals surface area contributed by atoms with Crippen LogP contribution < -0.4 is 5.32 Å².